The first-order valence-corrected chi connectivity index (χ1v) is 8.34. The van der Waals surface area contributed by atoms with Crippen LogP contribution in [0, 0.1) is 6.92 Å². The summed E-state index contributed by atoms with van der Waals surface area (Å²) in [5.74, 6) is -0.612. The number of hydrogen-bond acceptors (Lipinski definition) is 7. The van der Waals surface area contributed by atoms with E-state index < -0.39 is 41.0 Å². The van der Waals surface area contributed by atoms with Gasteiger partial charge in [0.05, 0.1) is 11.2 Å². The molecule has 0 bridgehead atoms. The van der Waals surface area contributed by atoms with E-state index >= 15 is 0 Å². The maximum absolute atomic E-state index is 12.1. The lowest BCUT2D eigenvalue weighted by atomic mass is 10.1. The molecule has 1 N–H and O–H groups in total. The Balaban J connectivity index is 2.07. The van der Waals surface area contributed by atoms with Gasteiger partial charge in [-0.1, -0.05) is 17.7 Å². The molecule has 0 spiro atoms. The number of esters is 1. The molecule has 0 fully saturated rings. The average molecular weight is 342 g/mol. The highest BCUT2D eigenvalue weighted by Crippen LogP contribution is 2.19. The fourth-order valence-electron chi connectivity index (χ4n) is 2.03. The lowest BCUT2D eigenvalue weighted by molar-refractivity contribution is -0.163. The molecule has 0 unspecified atom stereocenters. The number of aliphatic hydroxyl groups is 1. The molecule has 23 heavy (non-hydrogen) atoms. The first-order chi connectivity index (χ1) is 10.8. The van der Waals surface area contributed by atoms with E-state index in [1.54, 1.807) is 12.1 Å². The van der Waals surface area contributed by atoms with Crippen LogP contribution >= 0.6 is 0 Å². The number of carbonyl (C=O) groups excluding carboxylic acids is 1. The summed E-state index contributed by atoms with van der Waals surface area (Å²) in [4.78, 5) is 11.1. The van der Waals surface area contributed by atoms with Crippen LogP contribution in [0.2, 0.25) is 0 Å². The highest BCUT2D eigenvalue weighted by atomic mass is 32.2. The van der Waals surface area contributed by atoms with Crippen LogP contribution in [-0.2, 0) is 28.6 Å². The van der Waals surface area contributed by atoms with Crippen LogP contribution < -0.4 is 0 Å². The summed E-state index contributed by atoms with van der Waals surface area (Å²) in [5.41, 5.74) is 0.919. The predicted molar refractivity (Wildman–Crippen MR) is 79.9 cm³/mol. The zero-order valence-electron chi connectivity index (χ0n) is 12.7. The highest BCUT2D eigenvalue weighted by molar-refractivity contribution is 7.86. The molecule has 0 amide bonds. The summed E-state index contributed by atoms with van der Waals surface area (Å²) >= 11 is 0. The molecule has 7 nitrogen and oxygen atoms in total. The van der Waals surface area contributed by atoms with Gasteiger partial charge in [-0.15, -0.1) is 0 Å². The van der Waals surface area contributed by atoms with E-state index in [2.05, 4.69) is 0 Å². The Morgan fingerprint density at radius 1 is 1.30 bits per heavy atom. The van der Waals surface area contributed by atoms with Crippen LogP contribution in [0.4, 0.5) is 0 Å². The first kappa shape index (κ1) is 17.5. The Morgan fingerprint density at radius 2 is 1.96 bits per heavy atom. The largest absolute Gasteiger partial charge is 0.492 e. The van der Waals surface area contributed by atoms with Crippen molar-refractivity contribution in [2.24, 2.45) is 0 Å². The zero-order valence-corrected chi connectivity index (χ0v) is 13.5. The van der Waals surface area contributed by atoms with E-state index in [1.165, 1.54) is 31.4 Å². The topological polar surface area (TPSA) is 99.1 Å². The molecule has 1 aliphatic heterocycles. The number of carbonyl (C=O) groups is 1. The lowest BCUT2D eigenvalue weighted by Gasteiger charge is -2.31. The fraction of sp³-hybridized carbons (Fsp3) is 0.400. The first-order valence-electron chi connectivity index (χ1n) is 6.93. The number of hydrogen-bond donors (Lipinski definition) is 1. The maximum atomic E-state index is 12.1. The van der Waals surface area contributed by atoms with Gasteiger partial charge in [0.2, 0.25) is 0 Å². The number of ether oxygens (including phenoxy) is 2. The number of benzene rings is 1. The van der Waals surface area contributed by atoms with Crippen molar-refractivity contribution in [2.45, 2.75) is 37.1 Å². The second-order valence-electron chi connectivity index (χ2n) is 5.12. The van der Waals surface area contributed by atoms with Crippen LogP contribution in [0.15, 0.2) is 41.5 Å². The quantitative estimate of drug-likeness (QED) is 0.627. The molecule has 0 saturated heterocycles. The summed E-state index contributed by atoms with van der Waals surface area (Å²) in [6, 6.07) is 6.18. The summed E-state index contributed by atoms with van der Waals surface area (Å²) < 4.78 is 39.4. The van der Waals surface area contributed by atoms with Crippen LogP contribution in [-0.4, -0.2) is 44.4 Å². The van der Waals surface area contributed by atoms with Gasteiger partial charge in [0.1, 0.15) is 12.7 Å². The van der Waals surface area contributed by atoms with Gasteiger partial charge in [-0.25, -0.2) is 0 Å². The maximum Gasteiger partial charge on any atom is 0.303 e. The third kappa shape index (κ3) is 4.54. The van der Waals surface area contributed by atoms with Gasteiger partial charge in [0.15, 0.2) is 12.2 Å². The van der Waals surface area contributed by atoms with E-state index in [4.69, 9.17) is 13.7 Å². The molecule has 0 aromatic heterocycles. The summed E-state index contributed by atoms with van der Waals surface area (Å²) in [6.07, 6.45) is -0.538. The van der Waals surface area contributed by atoms with Crippen molar-refractivity contribution in [3.8, 4) is 0 Å². The molecule has 3 atom stereocenters. The SMILES string of the molecule is CC(=O)O[C@H]1[C@H](O)C=CO[C@@H]1COS(=O)(=O)c1ccc(C)cc1. The molecule has 0 saturated carbocycles. The van der Waals surface area contributed by atoms with Crippen molar-refractivity contribution < 1.29 is 32.0 Å². The number of aliphatic hydroxyl groups excluding tert-OH is 1. The molecule has 1 aliphatic rings. The Bertz CT molecular complexity index is 678. The molecule has 1 aromatic rings. The van der Waals surface area contributed by atoms with E-state index in [9.17, 15) is 18.3 Å². The standard InChI is InChI=1S/C15H18O7S/c1-10-3-5-12(6-4-10)23(18,19)21-9-14-15(22-11(2)16)13(17)7-8-20-14/h3-8,13-15,17H,9H2,1-2H3/t13-,14-,15+/m1/s1. The molecule has 2 rings (SSSR count). The van der Waals surface area contributed by atoms with Crippen molar-refractivity contribution in [2.75, 3.05) is 6.61 Å². The van der Waals surface area contributed by atoms with E-state index in [-0.39, 0.29) is 4.90 Å². The van der Waals surface area contributed by atoms with Gasteiger partial charge < -0.3 is 14.6 Å². The molecule has 1 heterocycles. The summed E-state index contributed by atoms with van der Waals surface area (Å²) in [6.45, 7) is 2.63. The molecular weight excluding hydrogens is 324 g/mol. The van der Waals surface area contributed by atoms with Crippen molar-refractivity contribution in [3.63, 3.8) is 0 Å². The Morgan fingerprint density at radius 3 is 2.57 bits per heavy atom. The Kier molecular flexibility index (Phi) is 5.40. The minimum absolute atomic E-state index is 0.0130. The third-order valence-electron chi connectivity index (χ3n) is 3.23. The van der Waals surface area contributed by atoms with Gasteiger partial charge in [0.25, 0.3) is 10.1 Å². The van der Waals surface area contributed by atoms with E-state index in [0.29, 0.717) is 0 Å². The Labute approximate surface area is 134 Å². The van der Waals surface area contributed by atoms with Crippen LogP contribution in [0.3, 0.4) is 0 Å². The zero-order chi connectivity index (χ0) is 17.0. The van der Waals surface area contributed by atoms with Gasteiger partial charge >= 0.3 is 5.97 Å². The van der Waals surface area contributed by atoms with Crippen LogP contribution in [0.5, 0.6) is 0 Å². The molecule has 8 heteroatoms. The minimum atomic E-state index is -3.97. The average Bonchev–Trinajstić information content (AvgIpc) is 2.48. The Hall–Kier alpha value is -1.90. The molecule has 0 radical (unpaired) electrons. The normalized spacial score (nSPS) is 24.0. The summed E-state index contributed by atoms with van der Waals surface area (Å²) in [7, 11) is -3.97. The lowest BCUT2D eigenvalue weighted by Crippen LogP contribution is -2.45. The van der Waals surface area contributed by atoms with Crippen molar-refractivity contribution in [1.82, 2.24) is 0 Å². The van der Waals surface area contributed by atoms with Gasteiger partial charge in [-0.2, -0.15) is 8.42 Å². The number of aryl methyl sites for hydroxylation is 1. The van der Waals surface area contributed by atoms with Gasteiger partial charge in [-0.05, 0) is 25.1 Å². The van der Waals surface area contributed by atoms with Gasteiger partial charge in [-0.3, -0.25) is 8.98 Å². The van der Waals surface area contributed by atoms with Crippen LogP contribution in [0.25, 0.3) is 0 Å². The van der Waals surface area contributed by atoms with Crippen molar-refractivity contribution in [3.05, 3.63) is 42.2 Å². The third-order valence-corrected chi connectivity index (χ3v) is 4.53. The second-order valence-corrected chi connectivity index (χ2v) is 6.73. The van der Waals surface area contributed by atoms with Crippen LogP contribution in [0.1, 0.15) is 12.5 Å². The fourth-order valence-corrected chi connectivity index (χ4v) is 2.95. The second kappa shape index (κ2) is 7.12. The van der Waals surface area contributed by atoms with Crippen molar-refractivity contribution >= 4 is 16.1 Å². The molecule has 126 valence electrons. The summed E-state index contributed by atoms with van der Waals surface area (Å²) in [5, 5.41) is 9.82. The van der Waals surface area contributed by atoms with E-state index in [0.717, 1.165) is 5.56 Å². The van der Waals surface area contributed by atoms with E-state index in [1.807, 2.05) is 6.92 Å². The minimum Gasteiger partial charge on any atom is -0.492 e. The molecular formula is C15H18O7S. The smallest absolute Gasteiger partial charge is 0.303 e. The monoisotopic (exact) mass is 342 g/mol. The van der Waals surface area contributed by atoms with Crippen molar-refractivity contribution in [1.29, 1.82) is 0 Å². The predicted octanol–water partition coefficient (Wildman–Crippen LogP) is 0.905. The highest BCUT2D eigenvalue weighted by Gasteiger charge is 2.35. The molecule has 0 aliphatic carbocycles. The molecule has 1 aromatic carbocycles. The van der Waals surface area contributed by atoms with Gasteiger partial charge in [0, 0.05) is 6.92 Å². The number of rotatable bonds is 5.